The molecule has 116 valence electrons. The second kappa shape index (κ2) is 6.69. The molecule has 4 heteroatoms. The molecule has 2 aromatic rings. The van der Waals surface area contributed by atoms with Crippen LogP contribution in [0.1, 0.15) is 30.2 Å². The molecule has 4 nitrogen and oxygen atoms in total. The van der Waals surface area contributed by atoms with E-state index in [1.54, 1.807) is 0 Å². The maximum Gasteiger partial charge on any atom is 0.223 e. The number of ether oxygens (including phenoxy) is 1. The number of aryl methyl sites for hydroxylation is 1. The number of carbonyl (C=O) groups excluding carboxylic acids is 1. The molecule has 0 bridgehead atoms. The first kappa shape index (κ1) is 14.7. The number of hydrogen-bond acceptors (Lipinski definition) is 2. The third kappa shape index (κ3) is 3.32. The summed E-state index contributed by atoms with van der Waals surface area (Å²) in [5.74, 6) is 1.12. The standard InChI is InChI=1S/C18H22N2O2/c1-2-22-16-6-3-14(4-7-16)5-8-18(21)20-12-10-17-15(13-20)9-11-19-17/h3-4,6-7,9,11,19H,2,5,8,10,12-13H2,1H3. The van der Waals surface area contributed by atoms with E-state index in [4.69, 9.17) is 4.74 Å². The van der Waals surface area contributed by atoms with Crippen LogP contribution in [0.25, 0.3) is 0 Å². The fourth-order valence-electron chi connectivity index (χ4n) is 2.89. The first-order valence-electron chi connectivity index (χ1n) is 7.91. The van der Waals surface area contributed by atoms with E-state index in [0.29, 0.717) is 13.0 Å². The van der Waals surface area contributed by atoms with E-state index in [-0.39, 0.29) is 5.91 Å². The zero-order chi connectivity index (χ0) is 15.4. The lowest BCUT2D eigenvalue weighted by atomic mass is 10.1. The van der Waals surface area contributed by atoms with Crippen LogP contribution in [0.15, 0.2) is 36.5 Å². The van der Waals surface area contributed by atoms with Crippen molar-refractivity contribution in [2.24, 2.45) is 0 Å². The zero-order valence-electron chi connectivity index (χ0n) is 13.0. The molecule has 0 fully saturated rings. The van der Waals surface area contributed by atoms with Crippen molar-refractivity contribution in [2.75, 3.05) is 13.2 Å². The quantitative estimate of drug-likeness (QED) is 0.922. The van der Waals surface area contributed by atoms with Crippen molar-refractivity contribution in [3.63, 3.8) is 0 Å². The summed E-state index contributed by atoms with van der Waals surface area (Å²) in [6, 6.07) is 10.1. The lowest BCUT2D eigenvalue weighted by molar-refractivity contribution is -0.132. The van der Waals surface area contributed by atoms with E-state index in [9.17, 15) is 4.79 Å². The van der Waals surface area contributed by atoms with Gasteiger partial charge in [0.15, 0.2) is 0 Å². The summed E-state index contributed by atoms with van der Waals surface area (Å²) in [5.41, 5.74) is 3.70. The van der Waals surface area contributed by atoms with Gasteiger partial charge in [-0.3, -0.25) is 4.79 Å². The van der Waals surface area contributed by atoms with Gasteiger partial charge in [0.25, 0.3) is 0 Å². The van der Waals surface area contributed by atoms with Gasteiger partial charge in [0.1, 0.15) is 5.75 Å². The molecule has 0 unspecified atom stereocenters. The van der Waals surface area contributed by atoms with Crippen molar-refractivity contribution < 1.29 is 9.53 Å². The first-order chi connectivity index (χ1) is 10.8. The Kier molecular flexibility index (Phi) is 4.47. The molecule has 1 N–H and O–H groups in total. The van der Waals surface area contributed by atoms with Gasteiger partial charge in [0.05, 0.1) is 6.61 Å². The van der Waals surface area contributed by atoms with Gasteiger partial charge in [0, 0.05) is 37.8 Å². The Hall–Kier alpha value is -2.23. The van der Waals surface area contributed by atoms with Crippen LogP contribution in [0.4, 0.5) is 0 Å². The van der Waals surface area contributed by atoms with Gasteiger partial charge in [-0.05, 0) is 42.7 Å². The SMILES string of the molecule is CCOc1ccc(CCC(=O)N2CCc3[nH]ccc3C2)cc1. The van der Waals surface area contributed by atoms with Gasteiger partial charge in [0.2, 0.25) is 5.91 Å². The molecule has 1 aliphatic heterocycles. The number of benzene rings is 1. The van der Waals surface area contributed by atoms with Crippen molar-refractivity contribution in [2.45, 2.75) is 32.7 Å². The van der Waals surface area contributed by atoms with Crippen LogP contribution in [0.3, 0.4) is 0 Å². The van der Waals surface area contributed by atoms with E-state index < -0.39 is 0 Å². The van der Waals surface area contributed by atoms with Crippen molar-refractivity contribution in [3.8, 4) is 5.75 Å². The summed E-state index contributed by atoms with van der Waals surface area (Å²) in [6.07, 6.45) is 4.23. The third-order valence-electron chi connectivity index (χ3n) is 4.14. The van der Waals surface area contributed by atoms with E-state index in [1.807, 2.05) is 42.3 Å². The van der Waals surface area contributed by atoms with Gasteiger partial charge in [-0.25, -0.2) is 0 Å². The van der Waals surface area contributed by atoms with Gasteiger partial charge in [-0.1, -0.05) is 12.1 Å². The highest BCUT2D eigenvalue weighted by molar-refractivity contribution is 5.76. The Bertz CT molecular complexity index is 631. The summed E-state index contributed by atoms with van der Waals surface area (Å²) >= 11 is 0. The monoisotopic (exact) mass is 298 g/mol. The van der Waals surface area contributed by atoms with E-state index in [0.717, 1.165) is 31.7 Å². The van der Waals surface area contributed by atoms with Crippen molar-refractivity contribution in [1.29, 1.82) is 0 Å². The fraction of sp³-hybridized carbons (Fsp3) is 0.389. The fourth-order valence-corrected chi connectivity index (χ4v) is 2.89. The molecule has 3 rings (SSSR count). The highest BCUT2D eigenvalue weighted by Gasteiger charge is 2.20. The topological polar surface area (TPSA) is 45.3 Å². The molecule has 0 aliphatic carbocycles. The molecule has 0 saturated carbocycles. The smallest absolute Gasteiger partial charge is 0.223 e. The van der Waals surface area contributed by atoms with Crippen LogP contribution in [-0.4, -0.2) is 28.9 Å². The molecule has 0 spiro atoms. The predicted octanol–water partition coefficient (Wildman–Crippen LogP) is 2.93. The lowest BCUT2D eigenvalue weighted by Gasteiger charge is -2.27. The number of aromatic nitrogens is 1. The minimum atomic E-state index is 0.237. The maximum atomic E-state index is 12.4. The summed E-state index contributed by atoms with van der Waals surface area (Å²) in [6.45, 7) is 4.20. The number of nitrogens with zero attached hydrogens (tertiary/aromatic N) is 1. The number of H-pyrrole nitrogens is 1. The number of fused-ring (bicyclic) bond motifs is 1. The van der Waals surface area contributed by atoms with Gasteiger partial charge in [-0.2, -0.15) is 0 Å². The van der Waals surface area contributed by atoms with Crippen molar-refractivity contribution in [3.05, 3.63) is 53.3 Å². The molecule has 0 saturated heterocycles. The molecule has 0 atom stereocenters. The van der Waals surface area contributed by atoms with E-state index in [2.05, 4.69) is 11.1 Å². The van der Waals surface area contributed by atoms with E-state index >= 15 is 0 Å². The average Bonchev–Trinajstić information content (AvgIpc) is 3.01. The lowest BCUT2D eigenvalue weighted by Crippen LogP contribution is -2.35. The number of carbonyl (C=O) groups is 1. The van der Waals surface area contributed by atoms with Crippen LogP contribution in [0.5, 0.6) is 5.75 Å². The Morgan fingerprint density at radius 2 is 2.09 bits per heavy atom. The average molecular weight is 298 g/mol. The Morgan fingerprint density at radius 1 is 1.27 bits per heavy atom. The summed E-state index contributed by atoms with van der Waals surface area (Å²) < 4.78 is 5.43. The van der Waals surface area contributed by atoms with Crippen LogP contribution in [0.2, 0.25) is 0 Å². The summed E-state index contributed by atoms with van der Waals surface area (Å²) in [7, 11) is 0. The number of nitrogens with one attached hydrogen (secondary N) is 1. The molecule has 0 radical (unpaired) electrons. The number of amides is 1. The summed E-state index contributed by atoms with van der Waals surface area (Å²) in [4.78, 5) is 17.6. The molecule has 1 aromatic carbocycles. The highest BCUT2D eigenvalue weighted by Crippen LogP contribution is 2.19. The predicted molar refractivity (Wildman–Crippen MR) is 85.8 cm³/mol. The Labute approximate surface area is 131 Å². The highest BCUT2D eigenvalue weighted by atomic mass is 16.5. The molecular weight excluding hydrogens is 276 g/mol. The number of hydrogen-bond donors (Lipinski definition) is 1. The molecule has 1 amide bonds. The molecule has 2 heterocycles. The van der Waals surface area contributed by atoms with Gasteiger partial charge < -0.3 is 14.6 Å². The minimum absolute atomic E-state index is 0.237. The van der Waals surface area contributed by atoms with E-state index in [1.165, 1.54) is 16.8 Å². The minimum Gasteiger partial charge on any atom is -0.494 e. The number of rotatable bonds is 5. The van der Waals surface area contributed by atoms with Gasteiger partial charge in [-0.15, -0.1) is 0 Å². The van der Waals surface area contributed by atoms with Crippen molar-refractivity contribution in [1.82, 2.24) is 9.88 Å². The van der Waals surface area contributed by atoms with Crippen molar-refractivity contribution >= 4 is 5.91 Å². The maximum absolute atomic E-state index is 12.4. The second-order valence-corrected chi connectivity index (χ2v) is 5.62. The molecule has 1 aliphatic rings. The number of aromatic amines is 1. The molecule has 22 heavy (non-hydrogen) atoms. The molecular formula is C18H22N2O2. The second-order valence-electron chi connectivity index (χ2n) is 5.62. The van der Waals surface area contributed by atoms with Gasteiger partial charge >= 0.3 is 0 Å². The Morgan fingerprint density at radius 3 is 2.86 bits per heavy atom. The normalized spacial score (nSPS) is 13.8. The van der Waals surface area contributed by atoms with Crippen LogP contribution in [0, 0.1) is 0 Å². The Balaban J connectivity index is 1.52. The zero-order valence-corrected chi connectivity index (χ0v) is 13.0. The van der Waals surface area contributed by atoms with Crippen LogP contribution in [-0.2, 0) is 24.2 Å². The first-order valence-corrected chi connectivity index (χ1v) is 7.91. The van der Waals surface area contributed by atoms with Crippen LogP contribution < -0.4 is 4.74 Å². The summed E-state index contributed by atoms with van der Waals surface area (Å²) in [5, 5.41) is 0. The third-order valence-corrected chi connectivity index (χ3v) is 4.14. The van der Waals surface area contributed by atoms with Crippen LogP contribution >= 0.6 is 0 Å². The largest absolute Gasteiger partial charge is 0.494 e. The molecule has 1 aromatic heterocycles.